The lowest BCUT2D eigenvalue weighted by Crippen LogP contribution is -1.80. The molecule has 0 aliphatic heterocycles. The molecule has 0 unspecified atom stereocenters. The predicted molar refractivity (Wildman–Crippen MR) is 53.1 cm³/mol. The highest BCUT2D eigenvalue weighted by atomic mass is 16.1. The summed E-state index contributed by atoms with van der Waals surface area (Å²) in [4.78, 5) is 13.9. The number of nitrogens with one attached hydrogen (secondary N) is 1. The lowest BCUT2D eigenvalue weighted by atomic mass is 10.1. The number of aryl methyl sites for hydroxylation is 1. The van der Waals surface area contributed by atoms with Gasteiger partial charge in [-0.3, -0.25) is 4.79 Å². The third-order valence-corrected chi connectivity index (χ3v) is 2.28. The van der Waals surface area contributed by atoms with E-state index in [2.05, 4.69) is 4.98 Å². The van der Waals surface area contributed by atoms with Gasteiger partial charge in [0.25, 0.3) is 0 Å². The van der Waals surface area contributed by atoms with E-state index in [9.17, 15) is 4.79 Å². The molecule has 0 bridgehead atoms. The molecule has 0 atom stereocenters. The number of carbonyl (C=O) groups excluding carboxylic acids is 1. The molecule has 2 aromatic rings. The van der Waals surface area contributed by atoms with Crippen LogP contribution in [0.3, 0.4) is 0 Å². The fourth-order valence-electron chi connectivity index (χ4n) is 1.57. The lowest BCUT2D eigenvalue weighted by molar-refractivity contribution is 0.112. The van der Waals surface area contributed by atoms with Crippen LogP contribution in [0.1, 0.15) is 21.6 Å². The first-order chi connectivity index (χ1) is 6.76. The third-order valence-electron chi connectivity index (χ3n) is 2.28. The first kappa shape index (κ1) is 8.52. The maximum atomic E-state index is 10.8. The molecule has 68 valence electrons. The van der Waals surface area contributed by atoms with Gasteiger partial charge in [-0.2, -0.15) is 5.26 Å². The van der Waals surface area contributed by atoms with Gasteiger partial charge < -0.3 is 4.98 Å². The van der Waals surface area contributed by atoms with Gasteiger partial charge in [-0.15, -0.1) is 0 Å². The van der Waals surface area contributed by atoms with Gasteiger partial charge in [0.2, 0.25) is 0 Å². The molecule has 0 saturated heterocycles. The van der Waals surface area contributed by atoms with E-state index in [-0.39, 0.29) is 0 Å². The zero-order chi connectivity index (χ0) is 10.1. The fourth-order valence-corrected chi connectivity index (χ4v) is 1.57. The molecule has 1 aromatic carbocycles. The molecule has 0 spiro atoms. The van der Waals surface area contributed by atoms with Crippen molar-refractivity contribution in [3.63, 3.8) is 0 Å². The second-order valence-corrected chi connectivity index (χ2v) is 3.15. The average Bonchev–Trinajstić information content (AvgIpc) is 2.52. The van der Waals surface area contributed by atoms with Crippen molar-refractivity contribution in [2.24, 2.45) is 0 Å². The summed E-state index contributed by atoms with van der Waals surface area (Å²) in [5.41, 5.74) is 2.94. The molecular formula is C11H8N2O. The zero-order valence-electron chi connectivity index (χ0n) is 7.66. The Hall–Kier alpha value is -2.08. The summed E-state index contributed by atoms with van der Waals surface area (Å²) in [6, 6.07) is 7.32. The predicted octanol–water partition coefficient (Wildman–Crippen LogP) is 2.16. The van der Waals surface area contributed by atoms with E-state index in [0.29, 0.717) is 11.1 Å². The van der Waals surface area contributed by atoms with Crippen LogP contribution in [-0.2, 0) is 0 Å². The van der Waals surface area contributed by atoms with Gasteiger partial charge in [-0.1, -0.05) is 0 Å². The van der Waals surface area contributed by atoms with E-state index in [1.165, 1.54) is 0 Å². The van der Waals surface area contributed by atoms with Crippen molar-refractivity contribution in [2.75, 3.05) is 0 Å². The van der Waals surface area contributed by atoms with Crippen molar-refractivity contribution >= 4 is 17.2 Å². The Morgan fingerprint density at radius 1 is 1.50 bits per heavy atom. The van der Waals surface area contributed by atoms with E-state index in [4.69, 9.17) is 5.26 Å². The molecule has 0 aliphatic carbocycles. The molecule has 3 heteroatoms. The quantitative estimate of drug-likeness (QED) is 0.690. The number of rotatable bonds is 1. The van der Waals surface area contributed by atoms with Crippen molar-refractivity contribution in [1.82, 2.24) is 4.98 Å². The summed E-state index contributed by atoms with van der Waals surface area (Å²) < 4.78 is 0. The topological polar surface area (TPSA) is 56.6 Å². The van der Waals surface area contributed by atoms with Crippen molar-refractivity contribution in [3.05, 3.63) is 35.0 Å². The van der Waals surface area contributed by atoms with Crippen LogP contribution in [0.25, 0.3) is 10.9 Å². The number of hydrogen-bond donors (Lipinski definition) is 1. The number of H-pyrrole nitrogens is 1. The maximum Gasteiger partial charge on any atom is 0.152 e. The SMILES string of the molecule is Cc1[nH]c2ccc(C#N)cc2c1C=O. The molecule has 0 radical (unpaired) electrons. The molecule has 0 amide bonds. The minimum Gasteiger partial charge on any atom is -0.358 e. The van der Waals surface area contributed by atoms with Crippen LogP contribution in [0.4, 0.5) is 0 Å². The Balaban J connectivity index is 2.85. The molecule has 0 aliphatic rings. The summed E-state index contributed by atoms with van der Waals surface area (Å²) in [6.45, 7) is 1.84. The smallest absolute Gasteiger partial charge is 0.152 e. The average molecular weight is 184 g/mol. The number of nitrogens with zero attached hydrogens (tertiary/aromatic N) is 1. The highest BCUT2D eigenvalue weighted by Gasteiger charge is 2.07. The summed E-state index contributed by atoms with van der Waals surface area (Å²) in [5, 5.41) is 9.54. The monoisotopic (exact) mass is 184 g/mol. The van der Waals surface area contributed by atoms with Crippen LogP contribution in [-0.4, -0.2) is 11.3 Å². The lowest BCUT2D eigenvalue weighted by Gasteiger charge is -1.91. The normalized spacial score (nSPS) is 10.0. The van der Waals surface area contributed by atoms with Gasteiger partial charge >= 0.3 is 0 Å². The van der Waals surface area contributed by atoms with E-state index in [1.807, 2.05) is 19.1 Å². The Morgan fingerprint density at radius 3 is 2.93 bits per heavy atom. The van der Waals surface area contributed by atoms with Crippen LogP contribution >= 0.6 is 0 Å². The Morgan fingerprint density at radius 2 is 2.29 bits per heavy atom. The molecular weight excluding hydrogens is 176 g/mol. The molecule has 1 aromatic heterocycles. The molecule has 0 fully saturated rings. The summed E-state index contributed by atoms with van der Waals surface area (Å²) in [5.74, 6) is 0. The molecule has 2 rings (SSSR count). The number of hydrogen-bond acceptors (Lipinski definition) is 2. The first-order valence-electron chi connectivity index (χ1n) is 4.24. The van der Waals surface area contributed by atoms with Gasteiger partial charge in [-0.05, 0) is 25.1 Å². The van der Waals surface area contributed by atoms with Crippen molar-refractivity contribution < 1.29 is 4.79 Å². The van der Waals surface area contributed by atoms with E-state index in [1.54, 1.807) is 12.1 Å². The van der Waals surface area contributed by atoms with Crippen molar-refractivity contribution in [3.8, 4) is 6.07 Å². The largest absolute Gasteiger partial charge is 0.358 e. The van der Waals surface area contributed by atoms with E-state index >= 15 is 0 Å². The minimum absolute atomic E-state index is 0.569. The highest BCUT2D eigenvalue weighted by molar-refractivity contribution is 5.99. The van der Waals surface area contributed by atoms with Crippen molar-refractivity contribution in [1.29, 1.82) is 5.26 Å². The molecule has 1 N–H and O–H groups in total. The molecule has 0 saturated carbocycles. The van der Waals surface area contributed by atoms with Crippen LogP contribution < -0.4 is 0 Å². The highest BCUT2D eigenvalue weighted by Crippen LogP contribution is 2.21. The van der Waals surface area contributed by atoms with Crippen LogP contribution in [0.15, 0.2) is 18.2 Å². The Bertz CT molecular complexity index is 546. The molecule has 1 heterocycles. The van der Waals surface area contributed by atoms with Gasteiger partial charge in [-0.25, -0.2) is 0 Å². The zero-order valence-corrected chi connectivity index (χ0v) is 7.66. The van der Waals surface area contributed by atoms with Crippen LogP contribution in [0, 0.1) is 18.3 Å². The van der Waals surface area contributed by atoms with Gasteiger partial charge in [0, 0.05) is 22.2 Å². The number of benzene rings is 1. The summed E-state index contributed by atoms with van der Waals surface area (Å²) >= 11 is 0. The van der Waals surface area contributed by atoms with Gasteiger partial charge in [0.1, 0.15) is 0 Å². The number of aromatic nitrogens is 1. The van der Waals surface area contributed by atoms with Crippen LogP contribution in [0.5, 0.6) is 0 Å². The summed E-state index contributed by atoms with van der Waals surface area (Å²) in [7, 11) is 0. The maximum absolute atomic E-state index is 10.8. The van der Waals surface area contributed by atoms with E-state index in [0.717, 1.165) is 22.9 Å². The summed E-state index contributed by atoms with van der Waals surface area (Å²) in [6.07, 6.45) is 0.815. The number of aromatic amines is 1. The van der Waals surface area contributed by atoms with Gasteiger partial charge in [0.05, 0.1) is 11.6 Å². The second-order valence-electron chi connectivity index (χ2n) is 3.15. The number of carbonyl (C=O) groups is 1. The standard InChI is InChI=1S/C11H8N2O/c1-7-10(6-14)9-4-8(5-12)2-3-11(9)13-7/h2-4,6,13H,1H3. The Kier molecular flexibility index (Phi) is 1.83. The fraction of sp³-hybridized carbons (Fsp3) is 0.0909. The number of nitriles is 1. The van der Waals surface area contributed by atoms with Crippen molar-refractivity contribution in [2.45, 2.75) is 6.92 Å². The third kappa shape index (κ3) is 1.09. The molecule has 3 nitrogen and oxygen atoms in total. The van der Waals surface area contributed by atoms with Crippen LogP contribution in [0.2, 0.25) is 0 Å². The second kappa shape index (κ2) is 3.00. The Labute approximate surface area is 81.0 Å². The number of aldehydes is 1. The van der Waals surface area contributed by atoms with Gasteiger partial charge in [0.15, 0.2) is 6.29 Å². The number of fused-ring (bicyclic) bond motifs is 1. The van der Waals surface area contributed by atoms with E-state index < -0.39 is 0 Å². The first-order valence-corrected chi connectivity index (χ1v) is 4.24. The minimum atomic E-state index is 0.569. The molecule has 14 heavy (non-hydrogen) atoms.